The zero-order chi connectivity index (χ0) is 21.2. The van der Waals surface area contributed by atoms with Crippen molar-refractivity contribution in [2.75, 3.05) is 4.90 Å². The highest BCUT2D eigenvalue weighted by atomic mass is 32.1. The van der Waals surface area contributed by atoms with Crippen molar-refractivity contribution in [3.8, 4) is 5.69 Å². The molecule has 154 valence electrons. The molecule has 3 aromatic heterocycles. The van der Waals surface area contributed by atoms with Crippen LogP contribution in [0.3, 0.4) is 0 Å². The molecule has 0 spiro atoms. The Labute approximate surface area is 187 Å². The second kappa shape index (κ2) is 8.32. The normalized spacial score (nSPS) is 18.2. The van der Waals surface area contributed by atoms with Gasteiger partial charge < -0.3 is 14.8 Å². The Bertz CT molecular complexity index is 1170. The van der Waals surface area contributed by atoms with Crippen LogP contribution in [0.1, 0.15) is 36.0 Å². The number of rotatable bonds is 5. The summed E-state index contributed by atoms with van der Waals surface area (Å²) in [5.41, 5.74) is 5.47. The van der Waals surface area contributed by atoms with Gasteiger partial charge in [0.05, 0.1) is 23.6 Å². The summed E-state index contributed by atoms with van der Waals surface area (Å²) in [5, 5.41) is 4.23. The zero-order valence-corrected chi connectivity index (χ0v) is 18.0. The minimum absolute atomic E-state index is 0.0647. The quantitative estimate of drug-likeness (QED) is 0.456. The smallest absolute Gasteiger partial charge is 0.174 e. The molecule has 5 nitrogen and oxygen atoms in total. The summed E-state index contributed by atoms with van der Waals surface area (Å²) in [5.74, 6) is 0. The number of aromatic nitrogens is 3. The zero-order valence-electron chi connectivity index (χ0n) is 17.2. The van der Waals surface area contributed by atoms with Gasteiger partial charge in [0.2, 0.25) is 0 Å². The third kappa shape index (κ3) is 3.59. The fourth-order valence-electron chi connectivity index (χ4n) is 4.19. The topological polar surface area (TPSA) is 46.0 Å². The Kier molecular flexibility index (Phi) is 5.22. The number of benzene rings is 1. The monoisotopic (exact) mass is 425 g/mol. The van der Waals surface area contributed by atoms with E-state index in [-0.39, 0.29) is 12.1 Å². The van der Waals surface area contributed by atoms with Crippen LogP contribution in [0.15, 0.2) is 91.5 Å². The lowest BCUT2D eigenvalue weighted by Crippen LogP contribution is -2.30. The van der Waals surface area contributed by atoms with Gasteiger partial charge in [-0.05, 0) is 72.7 Å². The molecule has 1 N–H and O–H groups in total. The minimum atomic E-state index is -0.0788. The summed E-state index contributed by atoms with van der Waals surface area (Å²) in [6.45, 7) is 2.16. The molecule has 1 aliphatic heterocycles. The Hall–Kier alpha value is -3.51. The number of pyridine rings is 2. The van der Waals surface area contributed by atoms with Gasteiger partial charge in [-0.3, -0.25) is 9.97 Å². The van der Waals surface area contributed by atoms with Crippen LogP contribution in [0.2, 0.25) is 0 Å². The van der Waals surface area contributed by atoms with Gasteiger partial charge in [-0.25, -0.2) is 0 Å². The van der Waals surface area contributed by atoms with Gasteiger partial charge >= 0.3 is 0 Å². The van der Waals surface area contributed by atoms with Crippen molar-refractivity contribution in [2.45, 2.75) is 25.4 Å². The van der Waals surface area contributed by atoms with E-state index in [1.807, 2.05) is 36.7 Å². The molecular weight excluding hydrogens is 402 g/mol. The van der Waals surface area contributed by atoms with E-state index < -0.39 is 0 Å². The van der Waals surface area contributed by atoms with Crippen LogP contribution in [0.25, 0.3) is 5.69 Å². The highest BCUT2D eigenvalue weighted by Gasteiger charge is 2.42. The Morgan fingerprint density at radius 1 is 0.935 bits per heavy atom. The number of nitrogens with one attached hydrogen (secondary N) is 1. The van der Waals surface area contributed by atoms with Crippen LogP contribution in [0.4, 0.5) is 5.69 Å². The van der Waals surface area contributed by atoms with Crippen LogP contribution in [0.5, 0.6) is 0 Å². The van der Waals surface area contributed by atoms with Gasteiger partial charge in [0.25, 0.3) is 0 Å². The molecular formula is C25H23N5S. The van der Waals surface area contributed by atoms with Gasteiger partial charge in [-0.15, -0.1) is 0 Å². The molecule has 0 unspecified atom stereocenters. The van der Waals surface area contributed by atoms with Crippen LogP contribution in [-0.2, 0) is 6.42 Å². The second-order valence-corrected chi connectivity index (χ2v) is 7.92. The molecule has 31 heavy (non-hydrogen) atoms. The summed E-state index contributed by atoms with van der Waals surface area (Å²) in [6.07, 6.45) is 8.57. The van der Waals surface area contributed by atoms with E-state index in [9.17, 15) is 0 Å². The SMILES string of the molecule is CCc1ccc(N2C(=S)N[C@H](c3ccccn3)[C@H]2c2cccn2-c2cccnc2)cc1. The minimum Gasteiger partial charge on any atom is -0.351 e. The molecule has 4 heterocycles. The maximum Gasteiger partial charge on any atom is 0.174 e. The first-order chi connectivity index (χ1) is 15.3. The third-order valence-electron chi connectivity index (χ3n) is 5.73. The van der Waals surface area contributed by atoms with Gasteiger partial charge in [0.1, 0.15) is 6.04 Å². The number of thiocarbonyl (C=S) groups is 1. The summed E-state index contributed by atoms with van der Waals surface area (Å²) >= 11 is 5.84. The lowest BCUT2D eigenvalue weighted by Gasteiger charge is -2.29. The molecule has 0 saturated carbocycles. The number of anilines is 1. The second-order valence-electron chi connectivity index (χ2n) is 7.53. The number of nitrogens with zero attached hydrogens (tertiary/aromatic N) is 4. The van der Waals surface area contributed by atoms with E-state index in [0.29, 0.717) is 5.11 Å². The first kappa shape index (κ1) is 19.5. The lowest BCUT2D eigenvalue weighted by molar-refractivity contribution is 0.549. The standard InChI is InChI=1S/C25H23N5S/c1-2-18-10-12-19(13-11-18)30-24(23(28-25(30)31)21-8-3-4-15-27-21)22-9-6-16-29(22)20-7-5-14-26-17-20/h3-17,23-24H,2H2,1H3,(H,28,31)/t23-,24-/m1/s1. The summed E-state index contributed by atoms with van der Waals surface area (Å²) < 4.78 is 2.18. The summed E-state index contributed by atoms with van der Waals surface area (Å²) in [6, 6.07) is 22.7. The molecule has 0 bridgehead atoms. The lowest BCUT2D eigenvalue weighted by atomic mass is 10.0. The molecule has 4 aromatic rings. The van der Waals surface area contributed by atoms with Crippen molar-refractivity contribution >= 4 is 23.0 Å². The number of hydrogen-bond donors (Lipinski definition) is 1. The largest absolute Gasteiger partial charge is 0.351 e. The predicted octanol–water partition coefficient (Wildman–Crippen LogP) is 5.01. The maximum atomic E-state index is 5.84. The van der Waals surface area contributed by atoms with Crippen molar-refractivity contribution < 1.29 is 0 Å². The molecule has 1 aromatic carbocycles. The molecule has 1 saturated heterocycles. The molecule has 2 atom stereocenters. The first-order valence-electron chi connectivity index (χ1n) is 10.4. The highest BCUT2D eigenvalue weighted by Crippen LogP contribution is 2.42. The van der Waals surface area contributed by atoms with E-state index in [4.69, 9.17) is 12.2 Å². The van der Waals surface area contributed by atoms with Crippen LogP contribution < -0.4 is 10.2 Å². The van der Waals surface area contributed by atoms with Crippen LogP contribution in [0, 0.1) is 0 Å². The fraction of sp³-hybridized carbons (Fsp3) is 0.160. The molecule has 1 fully saturated rings. The van der Waals surface area contributed by atoms with Crippen LogP contribution in [-0.4, -0.2) is 19.6 Å². The van der Waals surface area contributed by atoms with E-state index in [1.54, 1.807) is 6.20 Å². The van der Waals surface area contributed by atoms with Crippen molar-refractivity contribution in [1.82, 2.24) is 19.9 Å². The Morgan fingerprint density at radius 3 is 2.52 bits per heavy atom. The van der Waals surface area contributed by atoms with E-state index in [0.717, 1.165) is 29.2 Å². The van der Waals surface area contributed by atoms with Gasteiger partial charge in [-0.1, -0.05) is 25.1 Å². The van der Waals surface area contributed by atoms with Gasteiger partial charge in [0, 0.05) is 30.0 Å². The Morgan fingerprint density at radius 2 is 1.81 bits per heavy atom. The summed E-state index contributed by atoms with van der Waals surface area (Å²) in [7, 11) is 0. The molecule has 0 aliphatic carbocycles. The van der Waals surface area contributed by atoms with Crippen molar-refractivity contribution in [1.29, 1.82) is 0 Å². The fourth-order valence-corrected chi connectivity index (χ4v) is 4.54. The first-order valence-corrected chi connectivity index (χ1v) is 10.8. The van der Waals surface area contributed by atoms with Crippen molar-refractivity contribution in [3.63, 3.8) is 0 Å². The third-order valence-corrected chi connectivity index (χ3v) is 6.04. The molecule has 0 amide bonds. The van der Waals surface area contributed by atoms with E-state index in [1.165, 1.54) is 5.56 Å². The number of aryl methyl sites for hydroxylation is 1. The molecule has 6 heteroatoms. The predicted molar refractivity (Wildman–Crippen MR) is 127 cm³/mol. The number of hydrogen-bond acceptors (Lipinski definition) is 3. The molecule has 1 aliphatic rings. The highest BCUT2D eigenvalue weighted by molar-refractivity contribution is 7.80. The summed E-state index contributed by atoms with van der Waals surface area (Å²) in [4.78, 5) is 11.2. The van der Waals surface area contributed by atoms with Gasteiger partial charge in [0.15, 0.2) is 5.11 Å². The van der Waals surface area contributed by atoms with Crippen molar-refractivity contribution in [3.05, 3.63) is 108 Å². The molecule has 5 rings (SSSR count). The maximum absolute atomic E-state index is 5.84. The van der Waals surface area contributed by atoms with Crippen LogP contribution >= 0.6 is 12.2 Å². The van der Waals surface area contributed by atoms with E-state index in [2.05, 4.69) is 80.3 Å². The van der Waals surface area contributed by atoms with E-state index >= 15 is 0 Å². The Balaban J connectivity index is 1.65. The average molecular weight is 426 g/mol. The van der Waals surface area contributed by atoms with Gasteiger partial charge in [-0.2, -0.15) is 0 Å². The van der Waals surface area contributed by atoms with Crippen molar-refractivity contribution in [2.24, 2.45) is 0 Å². The average Bonchev–Trinajstić information content (AvgIpc) is 3.44. The molecule has 0 radical (unpaired) electrons.